The van der Waals surface area contributed by atoms with Gasteiger partial charge < -0.3 is 0 Å². The lowest BCUT2D eigenvalue weighted by Crippen LogP contribution is -2.10. The van der Waals surface area contributed by atoms with Gasteiger partial charge in [-0.1, -0.05) is 185 Å². The van der Waals surface area contributed by atoms with Gasteiger partial charge in [0.2, 0.25) is 0 Å². The maximum Gasteiger partial charge on any atom is -0.0111 e. The molecule has 2 unspecified atom stereocenters. The molecule has 0 bridgehead atoms. The Morgan fingerprint density at radius 2 is 1.07 bits per heavy atom. The van der Waals surface area contributed by atoms with Crippen molar-refractivity contribution in [1.29, 1.82) is 0 Å². The Morgan fingerprint density at radius 3 is 1.49 bits per heavy atom. The van der Waals surface area contributed by atoms with E-state index in [0.717, 1.165) is 44.9 Å². The van der Waals surface area contributed by atoms with Crippen LogP contribution < -0.4 is 0 Å². The molecule has 0 aromatic rings. The van der Waals surface area contributed by atoms with Crippen molar-refractivity contribution in [2.45, 2.75) is 224 Å². The predicted octanol–water partition coefficient (Wildman–Crippen LogP) is 19.4. The summed E-state index contributed by atoms with van der Waals surface area (Å²) in [4.78, 5) is 0. The Kier molecular flexibility index (Phi) is 31.0. The van der Waals surface area contributed by atoms with Crippen molar-refractivity contribution in [2.24, 2.45) is 28.1 Å². The quantitative estimate of drug-likeness (QED) is 0.0642. The first-order valence-electron chi connectivity index (χ1n) is 22.7. The van der Waals surface area contributed by atoms with Crippen molar-refractivity contribution in [3.05, 3.63) is 97.2 Å². The van der Waals surface area contributed by atoms with Crippen LogP contribution in [0.3, 0.4) is 0 Å². The van der Waals surface area contributed by atoms with Crippen LogP contribution in [0.1, 0.15) is 224 Å². The Balaban J connectivity index is 0. The molecule has 0 spiro atoms. The zero-order valence-electron chi connectivity index (χ0n) is 39.8. The number of allylic oxidation sites excluding steroid dienone is 10. The fourth-order valence-electron chi connectivity index (χ4n) is 6.26. The van der Waals surface area contributed by atoms with Crippen LogP contribution in [0.4, 0.5) is 0 Å². The third-order valence-electron chi connectivity index (χ3n) is 10.8. The minimum Gasteiger partial charge on any atom is -0.100 e. The molecule has 1 saturated carbocycles. The molecule has 0 heterocycles. The lowest BCUT2D eigenvalue weighted by Gasteiger charge is -2.25. The molecule has 0 nitrogen and oxygen atoms in total. The van der Waals surface area contributed by atoms with Crippen molar-refractivity contribution in [2.75, 3.05) is 0 Å². The van der Waals surface area contributed by atoms with E-state index in [2.05, 4.69) is 147 Å². The van der Waals surface area contributed by atoms with Crippen molar-refractivity contribution in [3.8, 4) is 0 Å². The monoisotopic (exact) mass is 759 g/mol. The minimum absolute atomic E-state index is 0.372. The van der Waals surface area contributed by atoms with Crippen LogP contribution in [0.5, 0.6) is 0 Å². The summed E-state index contributed by atoms with van der Waals surface area (Å²) in [6, 6.07) is 0. The molecule has 318 valence electrons. The molecule has 0 heteroatoms. The Hall–Kier alpha value is -2.08. The van der Waals surface area contributed by atoms with Crippen LogP contribution in [-0.2, 0) is 0 Å². The molecule has 55 heavy (non-hydrogen) atoms. The number of unbranched alkanes of at least 4 members (excludes halogenated alkanes) is 8. The highest BCUT2D eigenvalue weighted by atomic mass is 14.3. The summed E-state index contributed by atoms with van der Waals surface area (Å²) in [5.74, 6) is 1.21. The highest BCUT2D eigenvalue weighted by molar-refractivity contribution is 5.23. The summed E-state index contributed by atoms with van der Waals surface area (Å²) in [5, 5.41) is 0. The summed E-state index contributed by atoms with van der Waals surface area (Å²) in [6.07, 6.45) is 36.5. The van der Waals surface area contributed by atoms with Crippen molar-refractivity contribution >= 4 is 0 Å². The van der Waals surface area contributed by atoms with Crippen LogP contribution in [-0.4, -0.2) is 0 Å². The SMILES string of the molecule is C=C(C)CCCCCC/C=C/CC(CC(=C)CCC(C)(C)C)C(=C)CCC(C)(C)C.C=C(C)CCCCCC/C=C/CC1CC(=C)CC1=C.CCC(C)(C)C. The molecular weight excluding hydrogens is 661 g/mol. The van der Waals surface area contributed by atoms with E-state index in [4.69, 9.17) is 0 Å². The average molecular weight is 759 g/mol. The van der Waals surface area contributed by atoms with Crippen molar-refractivity contribution in [3.63, 3.8) is 0 Å². The zero-order valence-corrected chi connectivity index (χ0v) is 39.8. The standard InChI is InChI=1S/C30H54.C19H30.C6H14/c1-25(2)18-16-14-12-11-13-15-17-19-28(27(4)21-23-30(8,9)10)24-26(3)20-22-29(5,6)7;1-16(2)12-10-8-6-5-7-9-11-13-19-15-17(3)14-18(19)4;1-5-6(2,3)4/h15,17,28H,1,3-4,11-14,16,18-24H2,2,5-10H3;9,11,19H,1,3-8,10,12-15H2,2H3;5H2,1-4H3/b17-15+;11-9+;. The fourth-order valence-corrected chi connectivity index (χ4v) is 6.26. The molecule has 0 saturated heterocycles. The van der Waals surface area contributed by atoms with Crippen LogP contribution in [0.2, 0.25) is 0 Å². The van der Waals surface area contributed by atoms with Gasteiger partial charge in [-0.15, -0.1) is 13.2 Å². The average Bonchev–Trinajstić information content (AvgIpc) is 3.39. The zero-order chi connectivity index (χ0) is 42.5. The second kappa shape index (κ2) is 31.0. The predicted molar refractivity (Wildman–Crippen MR) is 257 cm³/mol. The smallest absolute Gasteiger partial charge is 0.0111 e. The van der Waals surface area contributed by atoms with Crippen molar-refractivity contribution in [1.82, 2.24) is 0 Å². The van der Waals surface area contributed by atoms with E-state index in [1.165, 1.54) is 130 Å². The summed E-state index contributed by atoms with van der Waals surface area (Å²) in [5.41, 5.74) is 9.50. The Labute approximate surface area is 348 Å². The van der Waals surface area contributed by atoms with Gasteiger partial charge in [-0.25, -0.2) is 0 Å². The van der Waals surface area contributed by atoms with Crippen LogP contribution in [0.25, 0.3) is 0 Å². The van der Waals surface area contributed by atoms with Crippen LogP contribution in [0, 0.1) is 28.1 Å². The lowest BCUT2D eigenvalue weighted by atomic mass is 9.81. The van der Waals surface area contributed by atoms with E-state index in [1.54, 1.807) is 0 Å². The molecule has 0 amide bonds. The van der Waals surface area contributed by atoms with Crippen LogP contribution in [0.15, 0.2) is 97.2 Å². The van der Waals surface area contributed by atoms with E-state index < -0.39 is 0 Å². The molecule has 0 N–H and O–H groups in total. The Bertz CT molecular complexity index is 1140. The van der Waals surface area contributed by atoms with Gasteiger partial charge in [0, 0.05) is 0 Å². The van der Waals surface area contributed by atoms with E-state index in [9.17, 15) is 0 Å². The number of hydrogen-bond acceptors (Lipinski definition) is 0. The van der Waals surface area contributed by atoms with Gasteiger partial charge in [-0.3, -0.25) is 0 Å². The topological polar surface area (TPSA) is 0 Å². The fraction of sp³-hybridized carbons (Fsp3) is 0.709. The van der Waals surface area contributed by atoms with Gasteiger partial charge in [0.1, 0.15) is 0 Å². The third kappa shape index (κ3) is 39.9. The summed E-state index contributed by atoms with van der Waals surface area (Å²) in [6.45, 7) is 52.2. The molecule has 1 aliphatic rings. The molecule has 0 aromatic heterocycles. The highest BCUT2D eigenvalue weighted by Gasteiger charge is 2.20. The lowest BCUT2D eigenvalue weighted by molar-refractivity contribution is 0.364. The van der Waals surface area contributed by atoms with Gasteiger partial charge in [-0.2, -0.15) is 0 Å². The first kappa shape index (κ1) is 55.0. The first-order valence-corrected chi connectivity index (χ1v) is 22.7. The molecule has 0 aromatic carbocycles. The molecule has 2 atom stereocenters. The van der Waals surface area contributed by atoms with Gasteiger partial charge >= 0.3 is 0 Å². The molecular formula is C55H98. The van der Waals surface area contributed by atoms with E-state index in [1.807, 2.05) is 0 Å². The largest absolute Gasteiger partial charge is 0.100 e. The summed E-state index contributed by atoms with van der Waals surface area (Å²) < 4.78 is 0. The second-order valence-corrected chi connectivity index (χ2v) is 21.1. The van der Waals surface area contributed by atoms with Crippen LogP contribution >= 0.6 is 0 Å². The maximum absolute atomic E-state index is 4.50. The normalized spacial score (nSPS) is 15.5. The number of hydrogen-bond donors (Lipinski definition) is 0. The third-order valence-corrected chi connectivity index (χ3v) is 10.8. The van der Waals surface area contributed by atoms with E-state index in [-0.39, 0.29) is 0 Å². The molecule has 1 aliphatic carbocycles. The first-order chi connectivity index (χ1) is 25.5. The summed E-state index contributed by atoms with van der Waals surface area (Å²) in [7, 11) is 0. The van der Waals surface area contributed by atoms with E-state index in [0.29, 0.717) is 28.1 Å². The number of rotatable bonds is 25. The molecule has 1 fully saturated rings. The molecule has 0 radical (unpaired) electrons. The van der Waals surface area contributed by atoms with Crippen molar-refractivity contribution < 1.29 is 0 Å². The van der Waals surface area contributed by atoms with Gasteiger partial charge in [-0.05, 0) is 151 Å². The summed E-state index contributed by atoms with van der Waals surface area (Å²) >= 11 is 0. The van der Waals surface area contributed by atoms with Gasteiger partial charge in [0.05, 0.1) is 0 Å². The van der Waals surface area contributed by atoms with Gasteiger partial charge in [0.25, 0.3) is 0 Å². The van der Waals surface area contributed by atoms with E-state index >= 15 is 0 Å². The second-order valence-electron chi connectivity index (χ2n) is 21.1. The maximum atomic E-state index is 4.50. The van der Waals surface area contributed by atoms with Gasteiger partial charge in [0.15, 0.2) is 0 Å². The highest BCUT2D eigenvalue weighted by Crippen LogP contribution is 2.36. The molecule has 0 aliphatic heterocycles. The molecule has 1 rings (SSSR count). The Morgan fingerprint density at radius 1 is 0.618 bits per heavy atom. The minimum atomic E-state index is 0.372.